The van der Waals surface area contributed by atoms with E-state index >= 15 is 0 Å². The quantitative estimate of drug-likeness (QED) is 0.894. The molecular weight excluding hydrogens is 270 g/mol. The number of nitrogens with zero attached hydrogens (tertiary/aromatic N) is 1. The molecule has 0 aromatic carbocycles. The van der Waals surface area contributed by atoms with Crippen LogP contribution < -0.4 is 10.6 Å². The Morgan fingerprint density at radius 3 is 2.88 bits per heavy atom. The van der Waals surface area contributed by atoms with Crippen molar-refractivity contribution >= 4 is 27.7 Å². The van der Waals surface area contributed by atoms with E-state index in [1.54, 1.807) is 19.3 Å². The Kier molecular flexibility index (Phi) is 3.43. The van der Waals surface area contributed by atoms with Crippen LogP contribution in [0.1, 0.15) is 29.6 Å². The standard InChI is InChI=1S/C11H14BrN3O/c1-13-10-9(5-7(12)6-14-10)11(16)15-8-3-2-4-8/h5-6,8H,2-4H2,1H3,(H,13,14)(H,15,16). The second kappa shape index (κ2) is 4.82. The maximum absolute atomic E-state index is 12.0. The SMILES string of the molecule is CNc1ncc(Br)cc1C(=O)NC1CCC1. The molecule has 1 heterocycles. The minimum absolute atomic E-state index is 0.0529. The third kappa shape index (κ3) is 2.35. The molecule has 0 bridgehead atoms. The monoisotopic (exact) mass is 283 g/mol. The molecule has 1 aliphatic carbocycles. The van der Waals surface area contributed by atoms with Gasteiger partial charge in [0.15, 0.2) is 0 Å². The van der Waals surface area contributed by atoms with E-state index in [0.717, 1.165) is 17.3 Å². The lowest BCUT2D eigenvalue weighted by atomic mass is 9.93. The van der Waals surface area contributed by atoms with Crippen molar-refractivity contribution in [3.8, 4) is 0 Å². The number of hydrogen-bond donors (Lipinski definition) is 2. The largest absolute Gasteiger partial charge is 0.372 e. The summed E-state index contributed by atoms with van der Waals surface area (Å²) >= 11 is 3.32. The third-order valence-corrected chi connectivity index (χ3v) is 3.21. The lowest BCUT2D eigenvalue weighted by Crippen LogP contribution is -2.39. The summed E-state index contributed by atoms with van der Waals surface area (Å²) in [4.78, 5) is 16.1. The smallest absolute Gasteiger partial charge is 0.255 e. The number of nitrogens with one attached hydrogen (secondary N) is 2. The van der Waals surface area contributed by atoms with Crippen molar-refractivity contribution < 1.29 is 4.79 Å². The zero-order valence-electron chi connectivity index (χ0n) is 9.09. The van der Waals surface area contributed by atoms with Crippen LogP contribution in [0.4, 0.5) is 5.82 Å². The van der Waals surface area contributed by atoms with Crippen molar-refractivity contribution in [1.82, 2.24) is 10.3 Å². The summed E-state index contributed by atoms with van der Waals surface area (Å²) < 4.78 is 0.810. The minimum Gasteiger partial charge on any atom is -0.372 e. The molecule has 86 valence electrons. The highest BCUT2D eigenvalue weighted by atomic mass is 79.9. The van der Waals surface area contributed by atoms with E-state index in [0.29, 0.717) is 17.4 Å². The van der Waals surface area contributed by atoms with Gasteiger partial charge in [0.2, 0.25) is 0 Å². The van der Waals surface area contributed by atoms with Crippen LogP contribution >= 0.6 is 15.9 Å². The van der Waals surface area contributed by atoms with Crippen LogP contribution in [0.2, 0.25) is 0 Å². The normalized spacial score (nSPS) is 15.4. The third-order valence-electron chi connectivity index (χ3n) is 2.78. The molecule has 16 heavy (non-hydrogen) atoms. The Bertz CT molecular complexity index is 404. The molecule has 4 nitrogen and oxygen atoms in total. The first-order valence-corrected chi connectivity index (χ1v) is 6.14. The number of carbonyl (C=O) groups excluding carboxylic acids is 1. The first-order valence-electron chi connectivity index (χ1n) is 5.35. The molecule has 0 aliphatic heterocycles. The predicted molar refractivity (Wildman–Crippen MR) is 66.6 cm³/mol. The van der Waals surface area contributed by atoms with Crippen molar-refractivity contribution in [2.24, 2.45) is 0 Å². The fourth-order valence-electron chi connectivity index (χ4n) is 1.63. The van der Waals surface area contributed by atoms with Gasteiger partial charge in [-0.15, -0.1) is 0 Å². The van der Waals surface area contributed by atoms with Crippen molar-refractivity contribution in [3.05, 3.63) is 22.3 Å². The van der Waals surface area contributed by atoms with Gasteiger partial charge in [0.05, 0.1) is 5.56 Å². The van der Waals surface area contributed by atoms with Crippen LogP contribution in [-0.2, 0) is 0 Å². The number of anilines is 1. The van der Waals surface area contributed by atoms with Crippen molar-refractivity contribution in [2.45, 2.75) is 25.3 Å². The van der Waals surface area contributed by atoms with E-state index in [1.165, 1.54) is 6.42 Å². The molecule has 0 unspecified atom stereocenters. The van der Waals surface area contributed by atoms with Gasteiger partial charge in [-0.05, 0) is 41.3 Å². The molecular formula is C11H14BrN3O. The zero-order chi connectivity index (χ0) is 11.5. The first-order chi connectivity index (χ1) is 7.70. The molecule has 1 aromatic heterocycles. The number of carbonyl (C=O) groups is 1. The van der Waals surface area contributed by atoms with E-state index < -0.39 is 0 Å². The summed E-state index contributed by atoms with van der Waals surface area (Å²) in [6.45, 7) is 0. The van der Waals surface area contributed by atoms with Gasteiger partial charge in [0.1, 0.15) is 5.82 Å². The van der Waals surface area contributed by atoms with Gasteiger partial charge in [0.25, 0.3) is 5.91 Å². The van der Waals surface area contributed by atoms with E-state index in [1.807, 2.05) is 0 Å². The van der Waals surface area contributed by atoms with E-state index in [-0.39, 0.29) is 5.91 Å². The van der Waals surface area contributed by atoms with Gasteiger partial charge in [-0.2, -0.15) is 0 Å². The predicted octanol–water partition coefficient (Wildman–Crippen LogP) is 2.17. The van der Waals surface area contributed by atoms with Gasteiger partial charge < -0.3 is 10.6 Å². The van der Waals surface area contributed by atoms with Gasteiger partial charge in [-0.1, -0.05) is 0 Å². The lowest BCUT2D eigenvalue weighted by molar-refractivity contribution is 0.0917. The van der Waals surface area contributed by atoms with E-state index in [4.69, 9.17) is 0 Å². The first kappa shape index (κ1) is 11.4. The van der Waals surface area contributed by atoms with Gasteiger partial charge >= 0.3 is 0 Å². The highest BCUT2D eigenvalue weighted by Crippen LogP contribution is 2.21. The summed E-state index contributed by atoms with van der Waals surface area (Å²) in [7, 11) is 1.76. The second-order valence-corrected chi connectivity index (χ2v) is 4.82. The van der Waals surface area contributed by atoms with Crippen LogP contribution in [0.3, 0.4) is 0 Å². The number of aromatic nitrogens is 1. The molecule has 0 saturated heterocycles. The zero-order valence-corrected chi connectivity index (χ0v) is 10.7. The summed E-state index contributed by atoms with van der Waals surface area (Å²) in [5, 5.41) is 5.92. The number of hydrogen-bond acceptors (Lipinski definition) is 3. The summed E-state index contributed by atoms with van der Waals surface area (Å²) in [6.07, 6.45) is 5.05. The maximum atomic E-state index is 12.0. The van der Waals surface area contributed by atoms with Crippen LogP contribution in [-0.4, -0.2) is 24.0 Å². The molecule has 1 aliphatic rings. The molecule has 0 radical (unpaired) electrons. The molecule has 1 saturated carbocycles. The molecule has 1 amide bonds. The number of amides is 1. The summed E-state index contributed by atoms with van der Waals surface area (Å²) in [6, 6.07) is 2.13. The molecule has 1 aromatic rings. The van der Waals surface area contributed by atoms with E-state index in [2.05, 4.69) is 31.5 Å². The minimum atomic E-state index is -0.0529. The molecule has 2 rings (SSSR count). The highest BCUT2D eigenvalue weighted by Gasteiger charge is 2.21. The molecule has 5 heteroatoms. The highest BCUT2D eigenvalue weighted by molar-refractivity contribution is 9.10. The van der Waals surface area contributed by atoms with Crippen molar-refractivity contribution in [1.29, 1.82) is 0 Å². The Balaban J connectivity index is 2.16. The Morgan fingerprint density at radius 1 is 1.56 bits per heavy atom. The van der Waals surface area contributed by atoms with Crippen LogP contribution in [0.25, 0.3) is 0 Å². The molecule has 0 atom stereocenters. The molecule has 1 fully saturated rings. The second-order valence-electron chi connectivity index (χ2n) is 3.90. The van der Waals surface area contributed by atoms with Crippen LogP contribution in [0.5, 0.6) is 0 Å². The average Bonchev–Trinajstić information content (AvgIpc) is 2.23. The number of pyridine rings is 1. The maximum Gasteiger partial charge on any atom is 0.255 e. The summed E-state index contributed by atoms with van der Waals surface area (Å²) in [5.74, 6) is 0.558. The van der Waals surface area contributed by atoms with Crippen LogP contribution in [0.15, 0.2) is 16.7 Å². The van der Waals surface area contributed by atoms with Gasteiger partial charge in [0, 0.05) is 23.8 Å². The number of rotatable bonds is 3. The summed E-state index contributed by atoms with van der Waals surface area (Å²) in [5.41, 5.74) is 0.587. The Hall–Kier alpha value is -1.10. The van der Waals surface area contributed by atoms with Crippen LogP contribution in [0, 0.1) is 0 Å². The van der Waals surface area contributed by atoms with Crippen molar-refractivity contribution in [3.63, 3.8) is 0 Å². The van der Waals surface area contributed by atoms with Gasteiger partial charge in [-0.25, -0.2) is 4.98 Å². The van der Waals surface area contributed by atoms with E-state index in [9.17, 15) is 4.79 Å². The molecule has 2 N–H and O–H groups in total. The lowest BCUT2D eigenvalue weighted by Gasteiger charge is -2.26. The van der Waals surface area contributed by atoms with Crippen molar-refractivity contribution in [2.75, 3.05) is 12.4 Å². The Morgan fingerprint density at radius 2 is 2.31 bits per heavy atom. The fraction of sp³-hybridized carbons (Fsp3) is 0.455. The fourth-order valence-corrected chi connectivity index (χ4v) is 1.96. The van der Waals surface area contributed by atoms with Gasteiger partial charge in [-0.3, -0.25) is 4.79 Å². The molecule has 0 spiro atoms. The topological polar surface area (TPSA) is 54.0 Å². The average molecular weight is 284 g/mol. The Labute approximate surface area is 103 Å². The number of halogens is 1.